The van der Waals surface area contributed by atoms with E-state index in [1.165, 1.54) is 10.4 Å². The van der Waals surface area contributed by atoms with Gasteiger partial charge in [-0.25, -0.2) is 9.97 Å². The molecule has 3 rings (SSSR count). The molecular formula is C15H16ClN3S. The van der Waals surface area contributed by atoms with Gasteiger partial charge >= 0.3 is 0 Å². The molecule has 0 amide bonds. The van der Waals surface area contributed by atoms with Gasteiger partial charge in [-0.05, 0) is 38.5 Å². The van der Waals surface area contributed by atoms with E-state index in [2.05, 4.69) is 34.7 Å². The van der Waals surface area contributed by atoms with Gasteiger partial charge in [-0.15, -0.1) is 22.9 Å². The summed E-state index contributed by atoms with van der Waals surface area (Å²) >= 11 is 7.98. The first-order valence-electron chi connectivity index (χ1n) is 6.56. The molecule has 0 spiro atoms. The number of nitrogens with zero attached hydrogens (tertiary/aromatic N) is 3. The Morgan fingerprint density at radius 1 is 1.35 bits per heavy atom. The van der Waals surface area contributed by atoms with Crippen molar-refractivity contribution in [3.63, 3.8) is 0 Å². The van der Waals surface area contributed by atoms with Gasteiger partial charge in [0.15, 0.2) is 0 Å². The second-order valence-electron chi connectivity index (χ2n) is 5.03. The van der Waals surface area contributed by atoms with Gasteiger partial charge in [-0.1, -0.05) is 6.07 Å². The van der Waals surface area contributed by atoms with Crippen LogP contribution in [0.4, 0.5) is 0 Å². The number of rotatable bonds is 3. The van der Waals surface area contributed by atoms with E-state index < -0.39 is 0 Å². The normalized spacial score (nSPS) is 13.0. The van der Waals surface area contributed by atoms with E-state index in [4.69, 9.17) is 16.6 Å². The lowest BCUT2D eigenvalue weighted by molar-refractivity contribution is 0.746. The van der Waals surface area contributed by atoms with E-state index in [-0.39, 0.29) is 5.38 Å². The summed E-state index contributed by atoms with van der Waals surface area (Å²) in [4.78, 5) is 10.3. The number of hydrogen-bond acceptors (Lipinski definition) is 3. The second-order valence-corrected chi connectivity index (χ2v) is 6.62. The molecule has 0 saturated heterocycles. The zero-order chi connectivity index (χ0) is 14.3. The highest BCUT2D eigenvalue weighted by atomic mass is 35.5. The van der Waals surface area contributed by atoms with Gasteiger partial charge in [0.1, 0.15) is 5.82 Å². The number of aryl methyl sites for hydroxylation is 2. The number of halogens is 1. The summed E-state index contributed by atoms with van der Waals surface area (Å²) in [6, 6.07) is 6.34. The topological polar surface area (TPSA) is 30.7 Å². The molecule has 104 valence electrons. The Balaban J connectivity index is 2.16. The van der Waals surface area contributed by atoms with Crippen LogP contribution in [-0.2, 0) is 6.54 Å². The smallest absolute Gasteiger partial charge is 0.128 e. The maximum Gasteiger partial charge on any atom is 0.128 e. The quantitative estimate of drug-likeness (QED) is 0.669. The average Bonchev–Trinajstić information content (AvgIpc) is 2.95. The zero-order valence-electron chi connectivity index (χ0n) is 11.7. The molecule has 0 bridgehead atoms. The average molecular weight is 306 g/mol. The summed E-state index contributed by atoms with van der Waals surface area (Å²) in [5.74, 6) is 0.917. The van der Waals surface area contributed by atoms with Crippen LogP contribution in [0.25, 0.3) is 11.0 Å². The van der Waals surface area contributed by atoms with Gasteiger partial charge in [0.25, 0.3) is 0 Å². The minimum atomic E-state index is -0.115. The van der Waals surface area contributed by atoms with Crippen molar-refractivity contribution in [3.8, 4) is 0 Å². The van der Waals surface area contributed by atoms with Gasteiger partial charge in [-0.3, -0.25) is 0 Å². The van der Waals surface area contributed by atoms with Crippen LogP contribution in [0.15, 0.2) is 23.7 Å². The molecule has 0 radical (unpaired) electrons. The predicted molar refractivity (Wildman–Crippen MR) is 84.7 cm³/mol. The first-order valence-corrected chi connectivity index (χ1v) is 7.87. The summed E-state index contributed by atoms with van der Waals surface area (Å²) in [6.07, 6.45) is 0. The van der Waals surface area contributed by atoms with Crippen LogP contribution in [0, 0.1) is 13.8 Å². The summed E-state index contributed by atoms with van der Waals surface area (Å²) in [6.45, 7) is 6.86. The highest BCUT2D eigenvalue weighted by molar-refractivity contribution is 7.09. The molecule has 1 unspecified atom stereocenters. The largest absolute Gasteiger partial charge is 0.321 e. The van der Waals surface area contributed by atoms with Crippen molar-refractivity contribution in [2.75, 3.05) is 0 Å². The monoisotopic (exact) mass is 305 g/mol. The summed E-state index contributed by atoms with van der Waals surface area (Å²) < 4.78 is 2.20. The number of hydrogen-bond donors (Lipinski definition) is 0. The number of benzene rings is 1. The van der Waals surface area contributed by atoms with E-state index in [1.54, 1.807) is 11.3 Å². The summed E-state index contributed by atoms with van der Waals surface area (Å²) in [5.41, 5.74) is 6.32. The van der Waals surface area contributed by atoms with Crippen molar-refractivity contribution in [2.45, 2.75) is 32.7 Å². The minimum absolute atomic E-state index is 0.115. The lowest BCUT2D eigenvalue weighted by Crippen LogP contribution is -2.05. The number of imidazole rings is 1. The van der Waals surface area contributed by atoms with Crippen LogP contribution in [0.3, 0.4) is 0 Å². The summed E-state index contributed by atoms with van der Waals surface area (Å²) in [5, 5.41) is -0.115. The van der Waals surface area contributed by atoms with Crippen molar-refractivity contribution < 1.29 is 0 Å². The highest BCUT2D eigenvalue weighted by Gasteiger charge is 2.16. The van der Waals surface area contributed by atoms with Gasteiger partial charge in [-0.2, -0.15) is 0 Å². The third kappa shape index (κ3) is 2.34. The molecule has 5 heteroatoms. The number of thiazole rings is 1. The van der Waals surface area contributed by atoms with E-state index in [0.717, 1.165) is 29.1 Å². The van der Waals surface area contributed by atoms with Gasteiger partial charge < -0.3 is 4.57 Å². The molecule has 0 aliphatic heterocycles. The molecule has 0 aliphatic carbocycles. The first kappa shape index (κ1) is 13.6. The van der Waals surface area contributed by atoms with Gasteiger partial charge in [0.2, 0.25) is 0 Å². The fourth-order valence-electron chi connectivity index (χ4n) is 2.35. The maximum absolute atomic E-state index is 6.30. The molecule has 20 heavy (non-hydrogen) atoms. The van der Waals surface area contributed by atoms with Crippen LogP contribution in [0.5, 0.6) is 0 Å². The lowest BCUT2D eigenvalue weighted by Gasteiger charge is -2.09. The SMILES string of the molecule is Cc1ccc2c(c1)nc(C(C)Cl)n2Cc1scnc1C. The number of alkyl halides is 1. The molecule has 0 aliphatic rings. The molecule has 0 fully saturated rings. The third-order valence-electron chi connectivity index (χ3n) is 3.44. The molecule has 0 saturated carbocycles. The van der Waals surface area contributed by atoms with Crippen LogP contribution < -0.4 is 0 Å². The predicted octanol–water partition coefficient (Wildman–Crippen LogP) is 4.46. The molecule has 0 N–H and O–H groups in total. The van der Waals surface area contributed by atoms with Crippen molar-refractivity contribution >= 4 is 34.0 Å². The van der Waals surface area contributed by atoms with Gasteiger partial charge in [0.05, 0.1) is 34.2 Å². The second kappa shape index (κ2) is 5.19. The van der Waals surface area contributed by atoms with Crippen molar-refractivity contribution in [1.29, 1.82) is 0 Å². The van der Waals surface area contributed by atoms with Crippen molar-refractivity contribution in [3.05, 3.63) is 45.7 Å². The Labute approximate surface area is 127 Å². The Hall–Kier alpha value is -1.39. The molecule has 2 heterocycles. The van der Waals surface area contributed by atoms with Crippen LogP contribution in [0.2, 0.25) is 0 Å². The molecular weight excluding hydrogens is 290 g/mol. The standard InChI is InChI=1S/C15H16ClN3S/c1-9-4-5-13-12(6-9)18-15(10(2)16)19(13)7-14-11(3)17-8-20-14/h4-6,8,10H,7H2,1-3H3. The van der Waals surface area contributed by atoms with Crippen LogP contribution >= 0.6 is 22.9 Å². The van der Waals surface area contributed by atoms with Crippen LogP contribution in [-0.4, -0.2) is 14.5 Å². The third-order valence-corrected chi connectivity index (χ3v) is 4.55. The molecule has 1 aromatic carbocycles. The molecule has 2 aromatic heterocycles. The van der Waals surface area contributed by atoms with Crippen LogP contribution in [0.1, 0.15) is 34.3 Å². The van der Waals surface area contributed by atoms with Gasteiger partial charge in [0, 0.05) is 4.88 Å². The lowest BCUT2D eigenvalue weighted by atomic mass is 10.2. The Morgan fingerprint density at radius 3 is 2.80 bits per heavy atom. The Kier molecular flexibility index (Phi) is 3.52. The molecule has 3 nitrogen and oxygen atoms in total. The maximum atomic E-state index is 6.30. The number of aromatic nitrogens is 3. The fourth-order valence-corrected chi connectivity index (χ4v) is 3.28. The van der Waals surface area contributed by atoms with E-state index >= 15 is 0 Å². The zero-order valence-corrected chi connectivity index (χ0v) is 13.3. The Bertz CT molecular complexity index is 758. The van der Waals surface area contributed by atoms with E-state index in [9.17, 15) is 0 Å². The van der Waals surface area contributed by atoms with Crippen molar-refractivity contribution in [2.24, 2.45) is 0 Å². The van der Waals surface area contributed by atoms with Crippen molar-refractivity contribution in [1.82, 2.24) is 14.5 Å². The summed E-state index contributed by atoms with van der Waals surface area (Å²) in [7, 11) is 0. The Morgan fingerprint density at radius 2 is 2.15 bits per heavy atom. The molecule has 1 atom stereocenters. The number of fused-ring (bicyclic) bond motifs is 1. The van der Waals surface area contributed by atoms with E-state index in [1.807, 2.05) is 19.4 Å². The molecule has 3 aromatic rings. The first-order chi connectivity index (χ1) is 9.56. The fraction of sp³-hybridized carbons (Fsp3) is 0.333. The highest BCUT2D eigenvalue weighted by Crippen LogP contribution is 2.27. The minimum Gasteiger partial charge on any atom is -0.321 e. The van der Waals surface area contributed by atoms with E-state index in [0.29, 0.717) is 0 Å².